The molecule has 0 N–H and O–H groups in total. The monoisotopic (exact) mass is 268 g/mol. The highest BCUT2D eigenvalue weighted by molar-refractivity contribution is 6.18. The third-order valence-electron chi connectivity index (χ3n) is 2.87. The molecule has 1 aromatic rings. The van der Waals surface area contributed by atoms with Crippen LogP contribution >= 0.6 is 11.6 Å². The molecule has 0 bridgehead atoms. The van der Waals surface area contributed by atoms with Gasteiger partial charge in [-0.2, -0.15) is 0 Å². The Labute approximate surface area is 110 Å². The summed E-state index contributed by atoms with van der Waals surface area (Å²) in [6.07, 6.45) is 1.93. The van der Waals surface area contributed by atoms with Crippen LogP contribution in [0.15, 0.2) is 18.3 Å². The van der Waals surface area contributed by atoms with Crippen LogP contribution in [0, 0.1) is 5.92 Å². The summed E-state index contributed by atoms with van der Waals surface area (Å²) >= 11 is 5.76. The first-order valence-corrected chi connectivity index (χ1v) is 6.10. The standard InChI is InChI=1S/C12H13ClN2O3/c1-18-12(17)10-5-9(2-3-14-10)15-7-8(6-13)4-11(15)16/h2-3,5,8H,4,6-7H2,1H3. The van der Waals surface area contributed by atoms with E-state index in [1.165, 1.54) is 13.3 Å². The van der Waals surface area contributed by atoms with Crippen molar-refractivity contribution in [3.63, 3.8) is 0 Å². The van der Waals surface area contributed by atoms with Crippen molar-refractivity contribution in [3.05, 3.63) is 24.0 Å². The van der Waals surface area contributed by atoms with Crippen LogP contribution < -0.4 is 4.90 Å². The molecule has 1 atom stereocenters. The van der Waals surface area contributed by atoms with Crippen LogP contribution in [0.3, 0.4) is 0 Å². The van der Waals surface area contributed by atoms with Crippen molar-refractivity contribution < 1.29 is 14.3 Å². The molecule has 0 aliphatic carbocycles. The molecule has 0 spiro atoms. The van der Waals surface area contributed by atoms with Gasteiger partial charge >= 0.3 is 5.97 Å². The molecule has 1 aliphatic heterocycles. The Bertz CT molecular complexity index is 478. The van der Waals surface area contributed by atoms with E-state index >= 15 is 0 Å². The Morgan fingerprint density at radius 2 is 2.44 bits per heavy atom. The number of methoxy groups -OCH3 is 1. The van der Waals surface area contributed by atoms with Crippen LogP contribution in [-0.2, 0) is 9.53 Å². The first-order valence-electron chi connectivity index (χ1n) is 5.56. The summed E-state index contributed by atoms with van der Waals surface area (Å²) < 4.78 is 4.60. The van der Waals surface area contributed by atoms with Crippen molar-refractivity contribution in [2.45, 2.75) is 6.42 Å². The number of carbonyl (C=O) groups excluding carboxylic acids is 2. The SMILES string of the molecule is COC(=O)c1cc(N2CC(CCl)CC2=O)ccn1. The van der Waals surface area contributed by atoms with Crippen LogP contribution in [0.4, 0.5) is 5.69 Å². The second-order valence-electron chi connectivity index (χ2n) is 4.12. The quantitative estimate of drug-likeness (QED) is 0.615. The first-order chi connectivity index (χ1) is 8.65. The van der Waals surface area contributed by atoms with E-state index in [4.69, 9.17) is 11.6 Å². The van der Waals surface area contributed by atoms with Crippen LogP contribution in [0.2, 0.25) is 0 Å². The highest BCUT2D eigenvalue weighted by Crippen LogP contribution is 2.25. The fourth-order valence-corrected chi connectivity index (χ4v) is 2.14. The minimum Gasteiger partial charge on any atom is -0.464 e. The molecule has 6 heteroatoms. The van der Waals surface area contributed by atoms with Crippen LogP contribution in [0.5, 0.6) is 0 Å². The number of amides is 1. The molecular formula is C12H13ClN2O3. The van der Waals surface area contributed by atoms with Crippen molar-refractivity contribution in [2.24, 2.45) is 5.92 Å². The van der Waals surface area contributed by atoms with E-state index in [0.29, 0.717) is 24.5 Å². The minimum absolute atomic E-state index is 0.0164. The minimum atomic E-state index is -0.516. The van der Waals surface area contributed by atoms with Gasteiger partial charge in [0.25, 0.3) is 0 Å². The Morgan fingerprint density at radius 3 is 3.06 bits per heavy atom. The fourth-order valence-electron chi connectivity index (χ4n) is 1.94. The maximum Gasteiger partial charge on any atom is 0.356 e. The Balaban J connectivity index is 2.24. The summed E-state index contributed by atoms with van der Waals surface area (Å²) in [5.41, 5.74) is 0.847. The van der Waals surface area contributed by atoms with Gasteiger partial charge in [0.2, 0.25) is 5.91 Å². The molecular weight excluding hydrogens is 256 g/mol. The lowest BCUT2D eigenvalue weighted by Gasteiger charge is -2.16. The molecule has 18 heavy (non-hydrogen) atoms. The zero-order valence-corrected chi connectivity index (χ0v) is 10.7. The van der Waals surface area contributed by atoms with E-state index in [-0.39, 0.29) is 17.5 Å². The van der Waals surface area contributed by atoms with Gasteiger partial charge in [-0.25, -0.2) is 9.78 Å². The highest BCUT2D eigenvalue weighted by Gasteiger charge is 2.30. The summed E-state index contributed by atoms with van der Waals surface area (Å²) in [6.45, 7) is 0.576. The smallest absolute Gasteiger partial charge is 0.356 e. The zero-order valence-electron chi connectivity index (χ0n) is 9.93. The number of esters is 1. The van der Waals surface area contributed by atoms with Gasteiger partial charge < -0.3 is 9.64 Å². The lowest BCUT2D eigenvalue weighted by atomic mass is 10.1. The molecule has 1 unspecified atom stereocenters. The average molecular weight is 269 g/mol. The number of ether oxygens (including phenoxy) is 1. The molecule has 5 nitrogen and oxygen atoms in total. The molecule has 2 rings (SSSR count). The van der Waals surface area contributed by atoms with E-state index in [1.807, 2.05) is 0 Å². The van der Waals surface area contributed by atoms with Gasteiger partial charge in [0.15, 0.2) is 0 Å². The number of rotatable bonds is 3. The van der Waals surface area contributed by atoms with Gasteiger partial charge in [-0.1, -0.05) is 0 Å². The molecule has 1 amide bonds. The largest absolute Gasteiger partial charge is 0.464 e. The lowest BCUT2D eigenvalue weighted by Crippen LogP contribution is -2.25. The van der Waals surface area contributed by atoms with Crippen molar-refractivity contribution in [2.75, 3.05) is 24.4 Å². The average Bonchev–Trinajstić information content (AvgIpc) is 2.79. The Kier molecular flexibility index (Phi) is 3.81. The molecule has 1 aliphatic rings. The van der Waals surface area contributed by atoms with Gasteiger partial charge in [-0.3, -0.25) is 4.79 Å². The summed E-state index contributed by atoms with van der Waals surface area (Å²) in [5, 5.41) is 0. The second kappa shape index (κ2) is 5.35. The summed E-state index contributed by atoms with van der Waals surface area (Å²) in [5.74, 6) is 0.117. The number of nitrogens with zero attached hydrogens (tertiary/aromatic N) is 2. The van der Waals surface area contributed by atoms with Crippen LogP contribution in [-0.4, -0.2) is 36.4 Å². The Morgan fingerprint density at radius 1 is 1.67 bits per heavy atom. The van der Waals surface area contributed by atoms with E-state index in [1.54, 1.807) is 17.0 Å². The number of pyridine rings is 1. The molecule has 1 fully saturated rings. The van der Waals surface area contributed by atoms with E-state index in [9.17, 15) is 9.59 Å². The predicted octanol–water partition coefficient (Wildman–Crippen LogP) is 1.46. The van der Waals surface area contributed by atoms with Gasteiger partial charge in [0, 0.05) is 30.7 Å². The number of hydrogen-bond acceptors (Lipinski definition) is 4. The van der Waals surface area contributed by atoms with Gasteiger partial charge in [-0.05, 0) is 18.1 Å². The number of hydrogen-bond donors (Lipinski definition) is 0. The van der Waals surface area contributed by atoms with Crippen molar-refractivity contribution in [1.82, 2.24) is 4.98 Å². The molecule has 1 saturated heterocycles. The van der Waals surface area contributed by atoms with Gasteiger partial charge in [0.05, 0.1) is 7.11 Å². The summed E-state index contributed by atoms with van der Waals surface area (Å²) in [6, 6.07) is 3.25. The normalized spacial score (nSPS) is 19.1. The van der Waals surface area contributed by atoms with Crippen LogP contribution in [0.1, 0.15) is 16.9 Å². The molecule has 0 radical (unpaired) electrons. The Hall–Kier alpha value is -1.62. The number of aromatic nitrogens is 1. The third-order valence-corrected chi connectivity index (χ3v) is 3.31. The fraction of sp³-hybridized carbons (Fsp3) is 0.417. The number of alkyl halides is 1. The number of halogens is 1. The van der Waals surface area contributed by atoms with E-state index in [0.717, 1.165) is 0 Å². The summed E-state index contributed by atoms with van der Waals surface area (Å²) in [7, 11) is 1.29. The molecule has 2 heterocycles. The highest BCUT2D eigenvalue weighted by atomic mass is 35.5. The van der Waals surface area contributed by atoms with Gasteiger partial charge in [0.1, 0.15) is 5.69 Å². The molecule has 96 valence electrons. The maximum atomic E-state index is 11.8. The number of carbonyl (C=O) groups is 2. The summed E-state index contributed by atoms with van der Waals surface area (Å²) in [4.78, 5) is 28.7. The van der Waals surface area contributed by atoms with E-state index < -0.39 is 5.97 Å². The lowest BCUT2D eigenvalue weighted by molar-refractivity contribution is -0.117. The molecule has 1 aromatic heterocycles. The third kappa shape index (κ3) is 2.46. The molecule has 0 saturated carbocycles. The topological polar surface area (TPSA) is 59.5 Å². The zero-order chi connectivity index (χ0) is 13.1. The van der Waals surface area contributed by atoms with Crippen molar-refractivity contribution in [3.8, 4) is 0 Å². The van der Waals surface area contributed by atoms with Crippen molar-refractivity contribution >= 4 is 29.2 Å². The van der Waals surface area contributed by atoms with Crippen LogP contribution in [0.25, 0.3) is 0 Å². The molecule has 0 aromatic carbocycles. The second-order valence-corrected chi connectivity index (χ2v) is 4.43. The predicted molar refractivity (Wildman–Crippen MR) is 66.8 cm³/mol. The number of anilines is 1. The van der Waals surface area contributed by atoms with Crippen molar-refractivity contribution in [1.29, 1.82) is 0 Å². The first kappa shape index (κ1) is 12.8. The maximum absolute atomic E-state index is 11.8. The van der Waals surface area contributed by atoms with Gasteiger partial charge in [-0.15, -0.1) is 11.6 Å². The van der Waals surface area contributed by atoms with E-state index in [2.05, 4.69) is 9.72 Å².